The third-order valence-electron chi connectivity index (χ3n) is 5.02. The Kier molecular flexibility index (Phi) is 10.1. The number of rotatable bonds is 10. The fourth-order valence-corrected chi connectivity index (χ4v) is 3.45. The lowest BCUT2D eigenvalue weighted by Crippen LogP contribution is -2.26. The number of para-hydroxylation sites is 1. The van der Waals surface area contributed by atoms with Crippen LogP contribution in [0.4, 0.5) is 4.39 Å². The first-order chi connectivity index (χ1) is 14.6. The average Bonchev–Trinajstić information content (AvgIpc) is 2.76. The first kappa shape index (κ1) is 25.0. The van der Waals surface area contributed by atoms with E-state index in [1.807, 2.05) is 24.3 Å². The molecule has 0 aromatic heterocycles. The summed E-state index contributed by atoms with van der Waals surface area (Å²) < 4.78 is 24.8. The Balaban J connectivity index is 0.00000341. The van der Waals surface area contributed by atoms with Gasteiger partial charge in [-0.3, -0.25) is 0 Å². The lowest BCUT2D eigenvalue weighted by molar-refractivity contribution is 0.280. The van der Waals surface area contributed by atoms with Crippen molar-refractivity contribution in [2.75, 3.05) is 7.11 Å². The molecule has 0 saturated carbocycles. The summed E-state index contributed by atoms with van der Waals surface area (Å²) in [6.07, 6.45) is 2.06. The Bertz CT molecular complexity index is 954. The van der Waals surface area contributed by atoms with E-state index in [4.69, 9.17) is 21.1 Å². The summed E-state index contributed by atoms with van der Waals surface area (Å²) in [7, 11) is 1.62. The van der Waals surface area contributed by atoms with Crippen LogP contribution in [0.15, 0.2) is 66.7 Å². The zero-order chi connectivity index (χ0) is 21.3. The molecule has 6 heteroatoms. The van der Waals surface area contributed by atoms with Crippen LogP contribution in [-0.2, 0) is 19.6 Å². The van der Waals surface area contributed by atoms with E-state index in [1.165, 1.54) is 17.7 Å². The predicted octanol–water partition coefficient (Wildman–Crippen LogP) is 6.60. The van der Waals surface area contributed by atoms with Gasteiger partial charge in [-0.05, 0) is 43.5 Å². The van der Waals surface area contributed by atoms with E-state index >= 15 is 0 Å². The molecule has 31 heavy (non-hydrogen) atoms. The first-order valence-corrected chi connectivity index (χ1v) is 10.4. The van der Waals surface area contributed by atoms with Crippen LogP contribution >= 0.6 is 24.0 Å². The Morgan fingerprint density at radius 1 is 1.00 bits per heavy atom. The van der Waals surface area contributed by atoms with Gasteiger partial charge in [0.05, 0.1) is 12.1 Å². The fraction of sp³-hybridized carbons (Fsp3) is 0.280. The van der Waals surface area contributed by atoms with Crippen molar-refractivity contribution in [1.29, 1.82) is 0 Å². The summed E-state index contributed by atoms with van der Waals surface area (Å²) in [5.74, 6) is 0.961. The average molecular weight is 464 g/mol. The van der Waals surface area contributed by atoms with Gasteiger partial charge in [-0.1, -0.05) is 60.1 Å². The smallest absolute Gasteiger partial charge is 0.166 e. The van der Waals surface area contributed by atoms with Crippen LogP contribution in [0, 0.1) is 5.82 Å². The monoisotopic (exact) mass is 463 g/mol. The van der Waals surface area contributed by atoms with E-state index in [0.29, 0.717) is 29.1 Å². The molecule has 1 N–H and O–H groups in total. The quantitative estimate of drug-likeness (QED) is 0.367. The van der Waals surface area contributed by atoms with Crippen LogP contribution in [0.1, 0.15) is 30.0 Å². The van der Waals surface area contributed by atoms with Gasteiger partial charge in [-0.15, -0.1) is 12.4 Å². The molecule has 3 aromatic rings. The number of ether oxygens (including phenoxy) is 2. The number of benzene rings is 3. The maximum atomic E-state index is 13.3. The van der Waals surface area contributed by atoms with E-state index in [1.54, 1.807) is 13.2 Å². The predicted molar refractivity (Wildman–Crippen MR) is 127 cm³/mol. The number of nitrogens with one attached hydrogen (secondary N) is 1. The van der Waals surface area contributed by atoms with Gasteiger partial charge in [0.15, 0.2) is 11.5 Å². The molecule has 0 amide bonds. The number of hydrogen-bond donors (Lipinski definition) is 1. The fourth-order valence-electron chi connectivity index (χ4n) is 3.23. The number of methoxy groups -OCH3 is 1. The zero-order valence-corrected chi connectivity index (χ0v) is 19.3. The second-order valence-corrected chi connectivity index (χ2v) is 7.69. The topological polar surface area (TPSA) is 30.5 Å². The largest absolute Gasteiger partial charge is 0.493 e. The summed E-state index contributed by atoms with van der Waals surface area (Å²) in [5, 5.41) is 3.91. The Morgan fingerprint density at radius 3 is 2.48 bits per heavy atom. The van der Waals surface area contributed by atoms with Crippen LogP contribution in [0.3, 0.4) is 0 Å². The molecule has 0 aliphatic heterocycles. The van der Waals surface area contributed by atoms with E-state index in [-0.39, 0.29) is 24.8 Å². The van der Waals surface area contributed by atoms with Crippen LogP contribution in [0.2, 0.25) is 5.02 Å². The first-order valence-electron chi connectivity index (χ1n) is 10.1. The summed E-state index contributed by atoms with van der Waals surface area (Å²) in [4.78, 5) is 0. The van der Waals surface area contributed by atoms with Crippen molar-refractivity contribution >= 4 is 24.0 Å². The summed E-state index contributed by atoms with van der Waals surface area (Å²) in [5.41, 5.74) is 3.06. The van der Waals surface area contributed by atoms with Crippen molar-refractivity contribution in [1.82, 2.24) is 5.32 Å². The molecule has 166 valence electrons. The Labute approximate surface area is 194 Å². The van der Waals surface area contributed by atoms with Crippen LogP contribution in [-0.4, -0.2) is 13.2 Å². The minimum Gasteiger partial charge on any atom is -0.493 e. The van der Waals surface area contributed by atoms with Crippen molar-refractivity contribution in [2.45, 2.75) is 39.0 Å². The van der Waals surface area contributed by atoms with Crippen molar-refractivity contribution in [3.05, 3.63) is 94.3 Å². The lowest BCUT2D eigenvalue weighted by atomic mass is 10.1. The van der Waals surface area contributed by atoms with Gasteiger partial charge in [0, 0.05) is 23.7 Å². The summed E-state index contributed by atoms with van der Waals surface area (Å²) in [6.45, 7) is 3.07. The van der Waals surface area contributed by atoms with Gasteiger partial charge in [0.25, 0.3) is 0 Å². The van der Waals surface area contributed by atoms with Gasteiger partial charge < -0.3 is 14.8 Å². The molecule has 3 rings (SSSR count). The molecule has 1 atom stereocenters. The highest BCUT2D eigenvalue weighted by Crippen LogP contribution is 2.32. The Morgan fingerprint density at radius 2 is 1.77 bits per heavy atom. The minimum atomic E-state index is -0.365. The van der Waals surface area contributed by atoms with Crippen molar-refractivity contribution in [3.63, 3.8) is 0 Å². The van der Waals surface area contributed by atoms with E-state index in [2.05, 4.69) is 36.5 Å². The van der Waals surface area contributed by atoms with Crippen molar-refractivity contribution in [2.24, 2.45) is 0 Å². The standard InChI is InChI=1S/C25H27ClFNO2.ClH/c1-18(11-12-19-7-4-3-5-8-19)28-16-20-9-6-10-24(29-2)25(20)30-17-21-13-14-22(27)15-23(21)26;/h3-10,13-15,18,28H,11-12,16-17H2,1-2H3;1H. The lowest BCUT2D eigenvalue weighted by Gasteiger charge is -2.18. The highest BCUT2D eigenvalue weighted by Gasteiger charge is 2.13. The third-order valence-corrected chi connectivity index (χ3v) is 5.37. The highest BCUT2D eigenvalue weighted by atomic mass is 35.5. The molecule has 3 nitrogen and oxygen atoms in total. The molecular weight excluding hydrogens is 436 g/mol. The van der Waals surface area contributed by atoms with Gasteiger partial charge in [-0.2, -0.15) is 0 Å². The molecule has 0 heterocycles. The molecule has 0 aliphatic rings. The SMILES string of the molecule is COc1cccc(CNC(C)CCc2ccccc2)c1OCc1ccc(F)cc1Cl.Cl. The molecule has 0 spiro atoms. The molecule has 1 unspecified atom stereocenters. The van der Waals surface area contributed by atoms with Crippen LogP contribution in [0.5, 0.6) is 11.5 Å². The molecule has 0 radical (unpaired) electrons. The van der Waals surface area contributed by atoms with Crippen molar-refractivity contribution < 1.29 is 13.9 Å². The third kappa shape index (κ3) is 7.42. The number of hydrogen-bond acceptors (Lipinski definition) is 3. The van der Waals surface area contributed by atoms with Crippen molar-refractivity contribution in [3.8, 4) is 11.5 Å². The second-order valence-electron chi connectivity index (χ2n) is 7.28. The van der Waals surface area contributed by atoms with E-state index in [9.17, 15) is 4.39 Å². The molecule has 0 fully saturated rings. The van der Waals surface area contributed by atoms with Gasteiger partial charge in [-0.25, -0.2) is 4.39 Å². The molecule has 0 bridgehead atoms. The van der Waals surface area contributed by atoms with Gasteiger partial charge in [0.1, 0.15) is 12.4 Å². The zero-order valence-electron chi connectivity index (χ0n) is 17.7. The van der Waals surface area contributed by atoms with Gasteiger partial charge in [0.2, 0.25) is 0 Å². The second kappa shape index (κ2) is 12.6. The molecule has 0 aliphatic carbocycles. The normalized spacial score (nSPS) is 11.5. The summed E-state index contributed by atoms with van der Waals surface area (Å²) in [6, 6.07) is 21.0. The van der Waals surface area contributed by atoms with Crippen LogP contribution in [0.25, 0.3) is 0 Å². The number of halogens is 3. The van der Waals surface area contributed by atoms with E-state index < -0.39 is 0 Å². The molecular formula is C25H28Cl2FNO2. The minimum absolute atomic E-state index is 0. The Hall–Kier alpha value is -2.27. The van der Waals surface area contributed by atoms with E-state index in [0.717, 1.165) is 24.0 Å². The molecule has 3 aromatic carbocycles. The maximum Gasteiger partial charge on any atom is 0.166 e. The van der Waals surface area contributed by atoms with Crippen LogP contribution < -0.4 is 14.8 Å². The number of aryl methyl sites for hydroxylation is 1. The van der Waals surface area contributed by atoms with Gasteiger partial charge >= 0.3 is 0 Å². The maximum absolute atomic E-state index is 13.3. The molecule has 0 saturated heterocycles. The summed E-state index contributed by atoms with van der Waals surface area (Å²) >= 11 is 6.13. The highest BCUT2D eigenvalue weighted by molar-refractivity contribution is 6.31.